The van der Waals surface area contributed by atoms with Gasteiger partial charge in [-0.1, -0.05) is 37.2 Å². The summed E-state index contributed by atoms with van der Waals surface area (Å²) >= 11 is 3.15. The molecule has 3 rings (SSSR count). The van der Waals surface area contributed by atoms with Gasteiger partial charge in [0.2, 0.25) is 5.91 Å². The fourth-order valence-electron chi connectivity index (χ4n) is 2.98. The highest BCUT2D eigenvalue weighted by Gasteiger charge is 2.19. The van der Waals surface area contributed by atoms with Crippen molar-refractivity contribution in [3.63, 3.8) is 0 Å². The largest absolute Gasteiger partial charge is 0.495 e. The lowest BCUT2D eigenvalue weighted by Crippen LogP contribution is -2.15. The van der Waals surface area contributed by atoms with Crippen LogP contribution in [0.5, 0.6) is 5.75 Å². The Morgan fingerprint density at radius 1 is 1.31 bits per heavy atom. The van der Waals surface area contributed by atoms with Gasteiger partial charge in [0.05, 0.1) is 18.6 Å². The van der Waals surface area contributed by atoms with E-state index in [1.54, 1.807) is 18.4 Å². The topological polar surface area (TPSA) is 69.0 Å². The summed E-state index contributed by atoms with van der Waals surface area (Å²) in [7, 11) is 1.59. The van der Waals surface area contributed by atoms with E-state index in [1.807, 2.05) is 24.3 Å². The van der Waals surface area contributed by atoms with Gasteiger partial charge in [-0.25, -0.2) is 0 Å². The highest BCUT2D eigenvalue weighted by molar-refractivity contribution is 7.99. The summed E-state index contributed by atoms with van der Waals surface area (Å²) in [6, 6.07) is 9.75. The van der Waals surface area contributed by atoms with Gasteiger partial charge in [-0.2, -0.15) is 0 Å². The molecular weight excluding hydrogens is 404 g/mol. The number of hydrogen-bond acceptors (Lipinski definition) is 6. The number of methoxy groups -OCH3 is 1. The number of benzene rings is 1. The van der Waals surface area contributed by atoms with E-state index in [0.717, 1.165) is 29.4 Å². The van der Waals surface area contributed by atoms with E-state index in [0.29, 0.717) is 11.4 Å². The maximum Gasteiger partial charge on any atom is 0.234 e. The average molecular weight is 431 g/mol. The first-order valence-corrected chi connectivity index (χ1v) is 11.5. The molecule has 1 aromatic carbocycles. The van der Waals surface area contributed by atoms with Crippen LogP contribution in [0.4, 0.5) is 5.69 Å². The van der Waals surface area contributed by atoms with Crippen LogP contribution >= 0.6 is 23.1 Å². The van der Waals surface area contributed by atoms with Crippen LogP contribution < -0.4 is 10.1 Å². The van der Waals surface area contributed by atoms with Gasteiger partial charge in [0.1, 0.15) is 5.75 Å². The Morgan fingerprint density at radius 2 is 2.10 bits per heavy atom. The van der Waals surface area contributed by atoms with E-state index < -0.39 is 0 Å². The van der Waals surface area contributed by atoms with Crippen molar-refractivity contribution in [3.05, 3.63) is 40.6 Å². The van der Waals surface area contributed by atoms with Crippen LogP contribution in [-0.4, -0.2) is 33.5 Å². The molecule has 3 aromatic rings. The van der Waals surface area contributed by atoms with Crippen molar-refractivity contribution >= 4 is 34.7 Å². The molecule has 0 unspecified atom stereocenters. The molecule has 2 aromatic heterocycles. The zero-order chi connectivity index (χ0) is 20.8. The second kappa shape index (κ2) is 9.93. The van der Waals surface area contributed by atoms with Crippen molar-refractivity contribution in [1.29, 1.82) is 0 Å². The van der Waals surface area contributed by atoms with E-state index in [9.17, 15) is 4.79 Å². The van der Waals surface area contributed by atoms with E-state index >= 15 is 0 Å². The summed E-state index contributed by atoms with van der Waals surface area (Å²) < 4.78 is 7.38. The predicted molar refractivity (Wildman–Crippen MR) is 120 cm³/mol. The van der Waals surface area contributed by atoms with Crippen LogP contribution in [0.3, 0.4) is 0 Å². The zero-order valence-electron chi connectivity index (χ0n) is 17.1. The lowest BCUT2D eigenvalue weighted by atomic mass is 10.2. The second-order valence-electron chi connectivity index (χ2n) is 6.86. The quantitative estimate of drug-likeness (QED) is 0.468. The van der Waals surface area contributed by atoms with Gasteiger partial charge in [-0.3, -0.25) is 9.36 Å². The summed E-state index contributed by atoms with van der Waals surface area (Å²) in [5.41, 5.74) is 1.75. The maximum absolute atomic E-state index is 12.4. The monoisotopic (exact) mass is 430 g/mol. The zero-order valence-corrected chi connectivity index (χ0v) is 18.8. The van der Waals surface area contributed by atoms with Crippen molar-refractivity contribution in [3.8, 4) is 17.1 Å². The summed E-state index contributed by atoms with van der Waals surface area (Å²) in [4.78, 5) is 13.8. The Balaban J connectivity index is 1.72. The number of ether oxygens (including phenoxy) is 1. The minimum atomic E-state index is -0.111. The van der Waals surface area contributed by atoms with Crippen LogP contribution in [0.25, 0.3) is 11.4 Å². The predicted octanol–water partition coefficient (Wildman–Crippen LogP) is 5.28. The Kier molecular flexibility index (Phi) is 7.33. The normalized spacial score (nSPS) is 11.1. The molecule has 1 amide bonds. The molecule has 0 fully saturated rings. The number of carbonyl (C=O) groups excluding carboxylic acids is 1. The van der Waals surface area contributed by atoms with E-state index in [4.69, 9.17) is 4.74 Å². The van der Waals surface area contributed by atoms with Crippen LogP contribution in [-0.2, 0) is 11.2 Å². The van der Waals surface area contributed by atoms with E-state index in [-0.39, 0.29) is 17.7 Å². The first-order chi connectivity index (χ1) is 14.0. The third-order valence-corrected chi connectivity index (χ3v) is 6.24. The summed E-state index contributed by atoms with van der Waals surface area (Å²) in [5.74, 6) is 1.62. The molecule has 0 radical (unpaired) electrons. The number of aryl methyl sites for hydroxylation is 1. The van der Waals surface area contributed by atoms with E-state index in [2.05, 4.69) is 52.3 Å². The number of amides is 1. The highest BCUT2D eigenvalue weighted by Crippen LogP contribution is 2.31. The van der Waals surface area contributed by atoms with Gasteiger partial charge in [0, 0.05) is 21.9 Å². The van der Waals surface area contributed by atoms with Crippen molar-refractivity contribution in [1.82, 2.24) is 14.8 Å². The number of hydrogen-bond donors (Lipinski definition) is 1. The Bertz CT molecular complexity index is 965. The van der Waals surface area contributed by atoms with Crippen molar-refractivity contribution < 1.29 is 9.53 Å². The number of rotatable bonds is 9. The smallest absolute Gasteiger partial charge is 0.234 e. The van der Waals surface area contributed by atoms with Crippen LogP contribution in [0.2, 0.25) is 0 Å². The van der Waals surface area contributed by atoms with E-state index in [1.165, 1.54) is 16.6 Å². The molecule has 0 aliphatic heterocycles. The molecule has 0 aliphatic rings. The first-order valence-electron chi connectivity index (χ1n) is 9.61. The molecule has 6 nitrogen and oxygen atoms in total. The Morgan fingerprint density at radius 3 is 2.83 bits per heavy atom. The van der Waals surface area contributed by atoms with Gasteiger partial charge in [-0.15, -0.1) is 21.5 Å². The highest BCUT2D eigenvalue weighted by atomic mass is 32.2. The third-order valence-electron chi connectivity index (χ3n) is 4.30. The fraction of sp³-hybridized carbons (Fsp3) is 0.381. The molecule has 154 valence electrons. The lowest BCUT2D eigenvalue weighted by molar-refractivity contribution is -0.113. The maximum atomic E-state index is 12.4. The minimum absolute atomic E-state index is 0.111. The molecule has 8 heteroatoms. The van der Waals surface area contributed by atoms with Crippen LogP contribution in [0.1, 0.15) is 38.1 Å². The minimum Gasteiger partial charge on any atom is -0.495 e. The third kappa shape index (κ3) is 5.19. The lowest BCUT2D eigenvalue weighted by Gasteiger charge is -2.13. The number of nitrogens with one attached hydrogen (secondary N) is 1. The number of anilines is 1. The van der Waals surface area contributed by atoms with Gasteiger partial charge in [-0.05, 0) is 38.5 Å². The molecule has 2 heterocycles. The van der Waals surface area contributed by atoms with Crippen LogP contribution in [0.15, 0.2) is 40.9 Å². The van der Waals surface area contributed by atoms with Gasteiger partial charge in [0.25, 0.3) is 0 Å². The molecule has 0 bridgehead atoms. The standard InChI is InChI=1S/C21H26N4O2S2/c1-5-8-16-11-15(12-28-16)20-23-24-21(25(20)14(2)3)29-13-19(26)22-17-9-6-7-10-18(17)27-4/h6-7,9-12,14H,5,8,13H2,1-4H3,(H,22,26). The van der Waals surface area contributed by atoms with Crippen LogP contribution in [0, 0.1) is 0 Å². The Labute approximate surface area is 179 Å². The molecule has 29 heavy (non-hydrogen) atoms. The number of nitrogens with zero attached hydrogens (tertiary/aromatic N) is 3. The van der Waals surface area contributed by atoms with Gasteiger partial charge < -0.3 is 10.1 Å². The molecule has 0 atom stereocenters. The summed E-state index contributed by atoms with van der Waals surface area (Å²) in [6.45, 7) is 6.39. The number of carbonyl (C=O) groups is 1. The molecule has 0 saturated carbocycles. The fourth-order valence-corrected chi connectivity index (χ4v) is 4.81. The number of thiophene rings is 1. The van der Waals surface area contributed by atoms with Crippen molar-refractivity contribution in [2.24, 2.45) is 0 Å². The molecule has 0 saturated heterocycles. The second-order valence-corrected chi connectivity index (χ2v) is 8.80. The number of para-hydroxylation sites is 2. The van der Waals surface area contributed by atoms with Gasteiger partial charge in [0.15, 0.2) is 11.0 Å². The molecule has 0 spiro atoms. The SMILES string of the molecule is CCCc1cc(-c2nnc(SCC(=O)Nc3ccccc3OC)n2C(C)C)cs1. The van der Waals surface area contributed by atoms with Gasteiger partial charge >= 0.3 is 0 Å². The molecular formula is C21H26N4O2S2. The summed E-state index contributed by atoms with van der Waals surface area (Å²) in [5, 5.41) is 14.6. The molecule has 0 aliphatic carbocycles. The Hall–Kier alpha value is -2.32. The summed E-state index contributed by atoms with van der Waals surface area (Å²) in [6.07, 6.45) is 2.20. The average Bonchev–Trinajstić information content (AvgIpc) is 3.34. The molecule has 1 N–H and O–H groups in total. The van der Waals surface area contributed by atoms with Crippen molar-refractivity contribution in [2.75, 3.05) is 18.2 Å². The number of thioether (sulfide) groups is 1. The number of aromatic nitrogens is 3. The first kappa shape index (κ1) is 21.4. The van der Waals surface area contributed by atoms with Crippen molar-refractivity contribution in [2.45, 2.75) is 44.8 Å².